The molecule has 1 fully saturated rings. The number of rotatable bonds is 6. The lowest BCUT2D eigenvalue weighted by molar-refractivity contribution is -0.111. The van der Waals surface area contributed by atoms with Gasteiger partial charge in [-0.15, -0.1) is 0 Å². The molecular weight excluding hydrogens is 344 g/mol. The van der Waals surface area contributed by atoms with E-state index in [9.17, 15) is 4.79 Å². The van der Waals surface area contributed by atoms with Crippen molar-refractivity contribution in [1.29, 1.82) is 0 Å². The molecule has 1 heterocycles. The topological polar surface area (TPSA) is 60.0 Å². The predicted molar refractivity (Wildman–Crippen MR) is 107 cm³/mol. The predicted octanol–water partition coefficient (Wildman–Crippen LogP) is 3.19. The fourth-order valence-electron chi connectivity index (χ4n) is 2.93. The van der Waals surface area contributed by atoms with Gasteiger partial charge in [0.25, 0.3) is 0 Å². The molecular formula is C21H24N2O4. The first-order valence-electron chi connectivity index (χ1n) is 8.83. The van der Waals surface area contributed by atoms with E-state index in [4.69, 9.17) is 14.2 Å². The number of amides is 1. The Morgan fingerprint density at radius 3 is 2.41 bits per heavy atom. The number of anilines is 2. The fraction of sp³-hybridized carbons (Fsp3) is 0.286. The van der Waals surface area contributed by atoms with E-state index in [-0.39, 0.29) is 5.91 Å². The van der Waals surface area contributed by atoms with Gasteiger partial charge in [0.1, 0.15) is 11.5 Å². The third-order valence-corrected chi connectivity index (χ3v) is 4.31. The van der Waals surface area contributed by atoms with Gasteiger partial charge in [0.05, 0.1) is 38.8 Å². The summed E-state index contributed by atoms with van der Waals surface area (Å²) >= 11 is 0. The van der Waals surface area contributed by atoms with E-state index in [0.29, 0.717) is 24.7 Å². The molecule has 1 aliphatic heterocycles. The van der Waals surface area contributed by atoms with E-state index >= 15 is 0 Å². The summed E-state index contributed by atoms with van der Waals surface area (Å²) in [6.07, 6.45) is 3.24. The van der Waals surface area contributed by atoms with Crippen LogP contribution in [0.25, 0.3) is 6.08 Å². The van der Waals surface area contributed by atoms with Gasteiger partial charge in [-0.25, -0.2) is 0 Å². The van der Waals surface area contributed by atoms with Crippen LogP contribution in [-0.4, -0.2) is 46.4 Å². The van der Waals surface area contributed by atoms with Crippen molar-refractivity contribution in [3.8, 4) is 11.5 Å². The molecule has 1 N–H and O–H groups in total. The molecule has 2 aromatic carbocycles. The van der Waals surface area contributed by atoms with Crippen molar-refractivity contribution in [1.82, 2.24) is 0 Å². The second-order valence-corrected chi connectivity index (χ2v) is 6.09. The molecule has 142 valence electrons. The summed E-state index contributed by atoms with van der Waals surface area (Å²) in [5.41, 5.74) is 2.62. The number of methoxy groups -OCH3 is 2. The highest BCUT2D eigenvalue weighted by Crippen LogP contribution is 2.27. The minimum atomic E-state index is -0.197. The number of hydrogen-bond acceptors (Lipinski definition) is 5. The van der Waals surface area contributed by atoms with Crippen molar-refractivity contribution in [2.75, 3.05) is 50.7 Å². The smallest absolute Gasteiger partial charge is 0.248 e. The average Bonchev–Trinajstić information content (AvgIpc) is 2.73. The Balaban J connectivity index is 1.72. The Labute approximate surface area is 159 Å². The van der Waals surface area contributed by atoms with Gasteiger partial charge in [0.15, 0.2) is 0 Å². The Kier molecular flexibility index (Phi) is 6.33. The quantitative estimate of drug-likeness (QED) is 0.794. The molecule has 0 aliphatic carbocycles. The summed E-state index contributed by atoms with van der Waals surface area (Å²) < 4.78 is 15.9. The second-order valence-electron chi connectivity index (χ2n) is 6.09. The summed E-state index contributed by atoms with van der Waals surface area (Å²) in [6, 6.07) is 13.3. The summed E-state index contributed by atoms with van der Waals surface area (Å²) in [6.45, 7) is 3.01. The van der Waals surface area contributed by atoms with Gasteiger partial charge in [-0.1, -0.05) is 12.1 Å². The lowest BCUT2D eigenvalue weighted by Gasteiger charge is -2.30. The van der Waals surface area contributed by atoms with Crippen LogP contribution >= 0.6 is 0 Å². The highest BCUT2D eigenvalue weighted by Gasteiger charge is 2.15. The molecule has 0 radical (unpaired) electrons. The lowest BCUT2D eigenvalue weighted by atomic mass is 10.2. The minimum absolute atomic E-state index is 0.197. The lowest BCUT2D eigenvalue weighted by Crippen LogP contribution is -2.36. The molecule has 3 rings (SSSR count). The van der Waals surface area contributed by atoms with E-state index in [1.807, 2.05) is 36.4 Å². The van der Waals surface area contributed by atoms with Gasteiger partial charge in [-0.2, -0.15) is 0 Å². The largest absolute Gasteiger partial charge is 0.497 e. The molecule has 0 atom stereocenters. The maximum atomic E-state index is 12.4. The summed E-state index contributed by atoms with van der Waals surface area (Å²) in [4.78, 5) is 14.6. The van der Waals surface area contributed by atoms with Gasteiger partial charge in [0, 0.05) is 25.2 Å². The number of para-hydroxylation sites is 2. The first-order chi connectivity index (χ1) is 13.2. The summed E-state index contributed by atoms with van der Waals surface area (Å²) in [7, 11) is 3.19. The maximum Gasteiger partial charge on any atom is 0.248 e. The number of hydrogen-bond donors (Lipinski definition) is 1. The molecule has 0 aromatic heterocycles. The van der Waals surface area contributed by atoms with Gasteiger partial charge >= 0.3 is 0 Å². The van der Waals surface area contributed by atoms with E-state index in [0.717, 1.165) is 30.0 Å². The standard InChI is InChI=1S/C21H24N2O4/c1-25-17-13-16(14-18(15-17)26-2)7-8-21(24)22-19-5-3-4-6-20(19)23-9-11-27-12-10-23/h3-8,13-15H,9-12H2,1-2H3,(H,22,24). The van der Waals surface area contributed by atoms with Crippen molar-refractivity contribution in [3.63, 3.8) is 0 Å². The molecule has 0 bridgehead atoms. The number of nitrogens with one attached hydrogen (secondary N) is 1. The number of morpholine rings is 1. The Morgan fingerprint density at radius 1 is 1.07 bits per heavy atom. The number of nitrogens with zero attached hydrogens (tertiary/aromatic N) is 1. The minimum Gasteiger partial charge on any atom is -0.497 e. The maximum absolute atomic E-state index is 12.4. The van der Waals surface area contributed by atoms with E-state index in [1.54, 1.807) is 26.4 Å². The number of carbonyl (C=O) groups is 1. The summed E-state index contributed by atoms with van der Waals surface area (Å²) in [5.74, 6) is 1.15. The average molecular weight is 368 g/mol. The Hall–Kier alpha value is -2.99. The zero-order chi connectivity index (χ0) is 19.1. The van der Waals surface area contributed by atoms with Crippen molar-refractivity contribution in [3.05, 3.63) is 54.1 Å². The first kappa shape index (κ1) is 18.8. The molecule has 0 spiro atoms. The third kappa shape index (κ3) is 5.01. The van der Waals surface area contributed by atoms with Gasteiger partial charge in [-0.3, -0.25) is 4.79 Å². The highest BCUT2D eigenvalue weighted by atomic mass is 16.5. The van der Waals surface area contributed by atoms with E-state index in [2.05, 4.69) is 10.2 Å². The number of benzene rings is 2. The Morgan fingerprint density at radius 2 is 1.74 bits per heavy atom. The van der Waals surface area contributed by atoms with Crippen LogP contribution in [-0.2, 0) is 9.53 Å². The second kappa shape index (κ2) is 9.09. The van der Waals surface area contributed by atoms with Gasteiger partial charge < -0.3 is 24.4 Å². The van der Waals surface area contributed by atoms with Crippen LogP contribution in [0.15, 0.2) is 48.5 Å². The van der Waals surface area contributed by atoms with Crippen LogP contribution in [0, 0.1) is 0 Å². The molecule has 6 nitrogen and oxygen atoms in total. The van der Waals surface area contributed by atoms with Crippen LogP contribution in [0.3, 0.4) is 0 Å². The SMILES string of the molecule is COc1cc(C=CC(=O)Nc2ccccc2N2CCOCC2)cc(OC)c1. The van der Waals surface area contributed by atoms with Crippen molar-refractivity contribution in [2.45, 2.75) is 0 Å². The molecule has 6 heteroatoms. The molecule has 27 heavy (non-hydrogen) atoms. The zero-order valence-corrected chi connectivity index (χ0v) is 15.6. The summed E-state index contributed by atoms with van der Waals surface area (Å²) in [5, 5.41) is 2.96. The molecule has 1 aliphatic rings. The highest BCUT2D eigenvalue weighted by molar-refractivity contribution is 6.03. The number of carbonyl (C=O) groups excluding carboxylic acids is 1. The molecule has 0 saturated carbocycles. The normalized spacial score (nSPS) is 14.2. The van der Waals surface area contributed by atoms with Crippen LogP contribution < -0.4 is 19.7 Å². The first-order valence-corrected chi connectivity index (χ1v) is 8.83. The molecule has 1 amide bonds. The van der Waals surface area contributed by atoms with Gasteiger partial charge in [-0.05, 0) is 35.9 Å². The van der Waals surface area contributed by atoms with Crippen molar-refractivity contribution >= 4 is 23.4 Å². The van der Waals surface area contributed by atoms with E-state index in [1.165, 1.54) is 6.08 Å². The van der Waals surface area contributed by atoms with Crippen LogP contribution in [0.4, 0.5) is 11.4 Å². The van der Waals surface area contributed by atoms with Crippen LogP contribution in [0.2, 0.25) is 0 Å². The molecule has 0 unspecified atom stereocenters. The monoisotopic (exact) mass is 368 g/mol. The zero-order valence-electron chi connectivity index (χ0n) is 15.6. The Bertz CT molecular complexity index is 791. The van der Waals surface area contributed by atoms with Crippen LogP contribution in [0.5, 0.6) is 11.5 Å². The third-order valence-electron chi connectivity index (χ3n) is 4.31. The molecule has 2 aromatic rings. The van der Waals surface area contributed by atoms with Gasteiger partial charge in [0.2, 0.25) is 5.91 Å². The fourth-order valence-corrected chi connectivity index (χ4v) is 2.93. The number of ether oxygens (including phenoxy) is 3. The van der Waals surface area contributed by atoms with Crippen molar-refractivity contribution < 1.29 is 19.0 Å². The van der Waals surface area contributed by atoms with Crippen LogP contribution in [0.1, 0.15) is 5.56 Å². The van der Waals surface area contributed by atoms with E-state index < -0.39 is 0 Å². The molecule has 1 saturated heterocycles. The van der Waals surface area contributed by atoms with Crippen molar-refractivity contribution in [2.24, 2.45) is 0 Å².